The zero-order valence-electron chi connectivity index (χ0n) is 13.8. The molecule has 1 fully saturated rings. The van der Waals surface area contributed by atoms with Crippen molar-refractivity contribution in [2.45, 2.75) is 26.7 Å². The van der Waals surface area contributed by atoms with E-state index in [0.29, 0.717) is 6.54 Å². The molecule has 2 rings (SSSR count). The lowest BCUT2D eigenvalue weighted by atomic mass is 9.97. The molecule has 0 spiro atoms. The van der Waals surface area contributed by atoms with E-state index >= 15 is 0 Å². The molecule has 120 valence electrons. The van der Waals surface area contributed by atoms with E-state index in [1.807, 2.05) is 26.0 Å². The normalized spacial score (nSPS) is 18.0. The lowest BCUT2D eigenvalue weighted by Crippen LogP contribution is -2.47. The first-order chi connectivity index (χ1) is 10.4. The van der Waals surface area contributed by atoms with E-state index in [1.54, 1.807) is 23.9 Å². The Bertz CT molecular complexity index is 549. The summed E-state index contributed by atoms with van der Waals surface area (Å²) >= 11 is 0. The first kappa shape index (κ1) is 16.3. The number of likely N-dealkylation sites (tertiary alicyclic amines) is 1. The van der Waals surface area contributed by atoms with Crippen LogP contribution in [-0.2, 0) is 4.79 Å². The Labute approximate surface area is 132 Å². The van der Waals surface area contributed by atoms with Crippen molar-refractivity contribution < 1.29 is 9.59 Å². The van der Waals surface area contributed by atoms with Crippen LogP contribution >= 0.6 is 0 Å². The fraction of sp³-hybridized carbons (Fsp3) is 0.529. The van der Waals surface area contributed by atoms with Crippen LogP contribution in [0.25, 0.3) is 0 Å². The van der Waals surface area contributed by atoms with Crippen LogP contribution in [0.15, 0.2) is 18.2 Å². The maximum absolute atomic E-state index is 12.5. The summed E-state index contributed by atoms with van der Waals surface area (Å²) in [7, 11) is 3.48. The van der Waals surface area contributed by atoms with Gasteiger partial charge < -0.3 is 15.1 Å². The summed E-state index contributed by atoms with van der Waals surface area (Å²) in [6.07, 6.45) is 1.69. The number of hydrogen-bond acceptors (Lipinski definition) is 2. The van der Waals surface area contributed by atoms with Crippen molar-refractivity contribution in [3.8, 4) is 0 Å². The Balaban J connectivity index is 2.01. The van der Waals surface area contributed by atoms with Crippen molar-refractivity contribution in [3.05, 3.63) is 29.3 Å². The molecule has 1 aliphatic rings. The predicted molar refractivity (Wildman–Crippen MR) is 87.9 cm³/mol. The Morgan fingerprint density at radius 3 is 2.41 bits per heavy atom. The van der Waals surface area contributed by atoms with E-state index in [4.69, 9.17) is 0 Å². The van der Waals surface area contributed by atoms with Crippen LogP contribution in [0.3, 0.4) is 0 Å². The molecule has 1 saturated heterocycles. The Kier molecular flexibility index (Phi) is 5.06. The maximum Gasteiger partial charge on any atom is 0.319 e. The predicted octanol–water partition coefficient (Wildman–Crippen LogP) is 2.64. The van der Waals surface area contributed by atoms with Crippen LogP contribution in [0.1, 0.15) is 24.0 Å². The average Bonchev–Trinajstić information content (AvgIpc) is 2.45. The summed E-state index contributed by atoms with van der Waals surface area (Å²) in [5.74, 6) is -0.139. The molecule has 1 aliphatic heterocycles. The zero-order chi connectivity index (χ0) is 16.3. The summed E-state index contributed by atoms with van der Waals surface area (Å²) in [6.45, 7) is 5.25. The van der Waals surface area contributed by atoms with E-state index < -0.39 is 0 Å². The average molecular weight is 303 g/mol. The molecule has 5 nitrogen and oxygen atoms in total. The second kappa shape index (κ2) is 6.81. The number of carbonyl (C=O) groups excluding carboxylic acids is 2. The van der Waals surface area contributed by atoms with Crippen LogP contribution in [0.4, 0.5) is 10.5 Å². The largest absolute Gasteiger partial charge is 0.331 e. The number of aryl methyl sites for hydroxylation is 2. The molecular weight excluding hydrogens is 278 g/mol. The van der Waals surface area contributed by atoms with Crippen LogP contribution in [0.5, 0.6) is 0 Å². The minimum Gasteiger partial charge on any atom is -0.331 e. The Hall–Kier alpha value is -2.04. The van der Waals surface area contributed by atoms with Gasteiger partial charge in [0, 0.05) is 32.9 Å². The number of anilines is 1. The molecule has 1 unspecified atom stereocenters. The zero-order valence-corrected chi connectivity index (χ0v) is 13.8. The van der Waals surface area contributed by atoms with E-state index in [9.17, 15) is 9.59 Å². The monoisotopic (exact) mass is 303 g/mol. The lowest BCUT2D eigenvalue weighted by molar-refractivity contribution is -0.121. The number of urea groups is 1. The van der Waals surface area contributed by atoms with Gasteiger partial charge in [0.1, 0.15) is 0 Å². The first-order valence-electron chi connectivity index (χ1n) is 7.72. The molecule has 0 bridgehead atoms. The smallest absolute Gasteiger partial charge is 0.319 e. The van der Waals surface area contributed by atoms with Crippen molar-refractivity contribution in [1.82, 2.24) is 9.80 Å². The highest BCUT2D eigenvalue weighted by Gasteiger charge is 2.29. The van der Waals surface area contributed by atoms with Gasteiger partial charge in [0.25, 0.3) is 0 Å². The van der Waals surface area contributed by atoms with Gasteiger partial charge in [-0.15, -0.1) is 0 Å². The quantitative estimate of drug-likeness (QED) is 0.913. The van der Waals surface area contributed by atoms with Gasteiger partial charge in [-0.1, -0.05) is 6.07 Å². The van der Waals surface area contributed by atoms with Crippen molar-refractivity contribution in [3.63, 3.8) is 0 Å². The fourth-order valence-corrected chi connectivity index (χ4v) is 2.94. The summed E-state index contributed by atoms with van der Waals surface area (Å²) in [5, 5.41) is 2.99. The number of amides is 3. The van der Waals surface area contributed by atoms with Crippen LogP contribution in [-0.4, -0.2) is 48.9 Å². The molecule has 1 heterocycles. The number of hydrogen-bond donors (Lipinski definition) is 1. The number of carbonyl (C=O) groups is 2. The summed E-state index contributed by atoms with van der Waals surface area (Å²) in [6, 6.07) is 5.99. The van der Waals surface area contributed by atoms with E-state index in [1.165, 1.54) is 0 Å². The Morgan fingerprint density at radius 2 is 1.82 bits per heavy atom. The topological polar surface area (TPSA) is 52.7 Å². The van der Waals surface area contributed by atoms with Gasteiger partial charge in [-0.3, -0.25) is 4.79 Å². The highest BCUT2D eigenvalue weighted by atomic mass is 16.2. The third-order valence-electron chi connectivity index (χ3n) is 3.93. The van der Waals surface area contributed by atoms with Crippen LogP contribution in [0.2, 0.25) is 0 Å². The molecule has 0 aliphatic carbocycles. The van der Waals surface area contributed by atoms with Crippen LogP contribution < -0.4 is 5.32 Å². The number of rotatable bonds is 2. The van der Waals surface area contributed by atoms with E-state index in [2.05, 4.69) is 11.4 Å². The number of benzene rings is 1. The standard InChI is InChI=1S/C17H25N3O2/c1-12-8-13(2)10-15(9-12)18-16(21)14-6-5-7-20(11-14)17(22)19(3)4/h8-10,14H,5-7,11H2,1-4H3,(H,18,21). The van der Waals surface area contributed by atoms with Gasteiger partial charge in [0.15, 0.2) is 0 Å². The minimum atomic E-state index is -0.140. The highest BCUT2D eigenvalue weighted by molar-refractivity contribution is 5.93. The fourth-order valence-electron chi connectivity index (χ4n) is 2.94. The summed E-state index contributed by atoms with van der Waals surface area (Å²) in [4.78, 5) is 27.8. The van der Waals surface area contributed by atoms with Gasteiger partial charge in [0.2, 0.25) is 5.91 Å². The maximum atomic E-state index is 12.5. The molecule has 3 amide bonds. The van der Waals surface area contributed by atoms with E-state index in [0.717, 1.165) is 36.2 Å². The highest BCUT2D eigenvalue weighted by Crippen LogP contribution is 2.20. The molecule has 0 aromatic heterocycles. The van der Waals surface area contributed by atoms with Crippen LogP contribution in [0, 0.1) is 19.8 Å². The number of nitrogens with zero attached hydrogens (tertiary/aromatic N) is 2. The summed E-state index contributed by atoms with van der Waals surface area (Å²) in [5.41, 5.74) is 3.09. The van der Waals surface area contributed by atoms with E-state index in [-0.39, 0.29) is 17.9 Å². The van der Waals surface area contributed by atoms with Gasteiger partial charge in [-0.05, 0) is 49.9 Å². The number of piperidine rings is 1. The first-order valence-corrected chi connectivity index (χ1v) is 7.72. The molecule has 0 radical (unpaired) electrons. The van der Waals surface area contributed by atoms with Gasteiger partial charge in [0.05, 0.1) is 5.92 Å². The second-order valence-electron chi connectivity index (χ2n) is 6.33. The lowest BCUT2D eigenvalue weighted by Gasteiger charge is -2.33. The molecular formula is C17H25N3O2. The molecule has 5 heteroatoms. The Morgan fingerprint density at radius 1 is 1.18 bits per heavy atom. The van der Waals surface area contributed by atoms with Crippen molar-refractivity contribution in [2.75, 3.05) is 32.5 Å². The van der Waals surface area contributed by atoms with Crippen molar-refractivity contribution in [1.29, 1.82) is 0 Å². The van der Waals surface area contributed by atoms with Gasteiger partial charge in [-0.25, -0.2) is 4.79 Å². The van der Waals surface area contributed by atoms with Gasteiger partial charge in [-0.2, -0.15) is 0 Å². The SMILES string of the molecule is Cc1cc(C)cc(NC(=O)C2CCCN(C(=O)N(C)C)C2)c1. The molecule has 1 aromatic rings. The molecule has 22 heavy (non-hydrogen) atoms. The molecule has 1 aromatic carbocycles. The second-order valence-corrected chi connectivity index (χ2v) is 6.33. The minimum absolute atomic E-state index is 0.00116. The third kappa shape index (κ3) is 4.00. The molecule has 1 atom stereocenters. The summed E-state index contributed by atoms with van der Waals surface area (Å²) < 4.78 is 0. The van der Waals surface area contributed by atoms with Crippen molar-refractivity contribution in [2.24, 2.45) is 5.92 Å². The van der Waals surface area contributed by atoms with Gasteiger partial charge >= 0.3 is 6.03 Å². The molecule has 1 N–H and O–H groups in total. The molecule has 0 saturated carbocycles. The van der Waals surface area contributed by atoms with Crippen molar-refractivity contribution >= 4 is 17.6 Å². The third-order valence-corrected chi connectivity index (χ3v) is 3.93. The number of nitrogens with one attached hydrogen (secondary N) is 1.